The molecule has 0 spiro atoms. The molecule has 1 aromatic heterocycles. The number of rotatable bonds is 2. The van der Waals surface area contributed by atoms with Gasteiger partial charge >= 0.3 is 0 Å². The third-order valence-corrected chi connectivity index (χ3v) is 3.44. The van der Waals surface area contributed by atoms with Gasteiger partial charge in [-0.25, -0.2) is 4.39 Å². The van der Waals surface area contributed by atoms with Crippen molar-refractivity contribution in [3.63, 3.8) is 0 Å². The van der Waals surface area contributed by atoms with E-state index in [0.29, 0.717) is 12.5 Å². The Labute approximate surface area is 115 Å². The highest BCUT2D eigenvalue weighted by atomic mass is 19.1. The Balaban J connectivity index is 1.90. The Hall–Kier alpha value is -2.15. The summed E-state index contributed by atoms with van der Waals surface area (Å²) in [5, 5.41) is 16.5. The lowest BCUT2D eigenvalue weighted by atomic mass is 10.1. The van der Waals surface area contributed by atoms with Gasteiger partial charge in [-0.15, -0.1) is 5.10 Å². The molecule has 106 valence electrons. The number of hydrogen-bond acceptors (Lipinski definition) is 5. The summed E-state index contributed by atoms with van der Waals surface area (Å²) >= 11 is 0. The lowest BCUT2D eigenvalue weighted by Crippen LogP contribution is -2.43. The Morgan fingerprint density at radius 2 is 2.30 bits per heavy atom. The van der Waals surface area contributed by atoms with E-state index >= 15 is 0 Å². The van der Waals surface area contributed by atoms with Gasteiger partial charge in [0.15, 0.2) is 5.82 Å². The smallest absolute Gasteiger partial charge is 0.245 e. The molecule has 1 aromatic carbocycles. The van der Waals surface area contributed by atoms with E-state index in [9.17, 15) is 9.50 Å². The third-order valence-electron chi connectivity index (χ3n) is 3.44. The number of H-pyrrole nitrogens is 1. The number of piperidine rings is 1. The maximum Gasteiger partial charge on any atom is 0.245 e. The van der Waals surface area contributed by atoms with Crippen molar-refractivity contribution in [3.05, 3.63) is 24.0 Å². The van der Waals surface area contributed by atoms with Crippen LogP contribution in [0.3, 0.4) is 0 Å². The van der Waals surface area contributed by atoms with E-state index < -0.39 is 5.82 Å². The molecule has 1 atom stereocenters. The third kappa shape index (κ3) is 2.32. The van der Waals surface area contributed by atoms with Crippen molar-refractivity contribution in [1.82, 2.24) is 15.2 Å². The van der Waals surface area contributed by atoms with Crippen LogP contribution in [0.1, 0.15) is 12.8 Å². The van der Waals surface area contributed by atoms with Gasteiger partial charge in [0.1, 0.15) is 11.6 Å². The molecule has 0 bridgehead atoms. The quantitative estimate of drug-likeness (QED) is 0.768. The first-order valence-corrected chi connectivity index (χ1v) is 6.56. The van der Waals surface area contributed by atoms with Crippen LogP contribution in [-0.2, 0) is 0 Å². The summed E-state index contributed by atoms with van der Waals surface area (Å²) in [6, 6.07) is 4.23. The molecule has 1 aliphatic heterocycles. The largest absolute Gasteiger partial charge is 0.507 e. The molecule has 0 aliphatic carbocycles. The van der Waals surface area contributed by atoms with E-state index in [-0.39, 0.29) is 23.2 Å². The maximum atomic E-state index is 13.8. The number of nitrogens with one attached hydrogen (secondary N) is 1. The highest BCUT2D eigenvalue weighted by molar-refractivity contribution is 5.65. The predicted octanol–water partition coefficient (Wildman–Crippen LogP) is 1.24. The van der Waals surface area contributed by atoms with Crippen LogP contribution in [0.4, 0.5) is 10.3 Å². The summed E-state index contributed by atoms with van der Waals surface area (Å²) in [5.74, 6) is -0.00126. The molecule has 0 saturated carbocycles. The van der Waals surface area contributed by atoms with Gasteiger partial charge in [0.25, 0.3) is 0 Å². The van der Waals surface area contributed by atoms with Crippen molar-refractivity contribution in [3.8, 4) is 17.1 Å². The molecule has 7 heteroatoms. The topological polar surface area (TPSA) is 91.1 Å². The van der Waals surface area contributed by atoms with E-state index in [4.69, 9.17) is 5.73 Å². The number of anilines is 1. The molecule has 4 N–H and O–H groups in total. The summed E-state index contributed by atoms with van der Waals surface area (Å²) < 4.78 is 13.8. The number of benzene rings is 1. The number of halogens is 1. The summed E-state index contributed by atoms with van der Waals surface area (Å²) in [5.41, 5.74) is 5.96. The molecule has 1 fully saturated rings. The van der Waals surface area contributed by atoms with Gasteiger partial charge in [-0.1, -0.05) is 6.07 Å². The molecular weight excluding hydrogens is 261 g/mol. The Kier molecular flexibility index (Phi) is 3.27. The minimum absolute atomic E-state index is 0.0348. The summed E-state index contributed by atoms with van der Waals surface area (Å²) in [7, 11) is 0. The highest BCUT2D eigenvalue weighted by Crippen LogP contribution is 2.30. The Morgan fingerprint density at radius 1 is 1.45 bits per heavy atom. The number of aromatic hydroxyl groups is 1. The maximum absolute atomic E-state index is 13.8. The highest BCUT2D eigenvalue weighted by Gasteiger charge is 2.22. The molecule has 0 radical (unpaired) electrons. The van der Waals surface area contributed by atoms with Gasteiger partial charge in [0.05, 0.1) is 5.56 Å². The molecule has 6 nitrogen and oxygen atoms in total. The Bertz CT molecular complexity index is 594. The van der Waals surface area contributed by atoms with Crippen LogP contribution in [0.15, 0.2) is 18.2 Å². The van der Waals surface area contributed by atoms with Crippen molar-refractivity contribution < 1.29 is 9.50 Å². The average Bonchev–Trinajstić information content (AvgIpc) is 2.88. The molecule has 1 unspecified atom stereocenters. The fourth-order valence-corrected chi connectivity index (χ4v) is 2.44. The van der Waals surface area contributed by atoms with Gasteiger partial charge in [-0.3, -0.25) is 5.10 Å². The molecule has 1 aliphatic rings. The van der Waals surface area contributed by atoms with Gasteiger partial charge in [0, 0.05) is 19.1 Å². The van der Waals surface area contributed by atoms with Crippen molar-refractivity contribution in [2.24, 2.45) is 5.73 Å². The molecule has 2 aromatic rings. The molecule has 3 rings (SSSR count). The van der Waals surface area contributed by atoms with Crippen LogP contribution >= 0.6 is 0 Å². The second-order valence-electron chi connectivity index (χ2n) is 4.97. The predicted molar refractivity (Wildman–Crippen MR) is 72.9 cm³/mol. The Morgan fingerprint density at radius 3 is 3.05 bits per heavy atom. The lowest BCUT2D eigenvalue weighted by molar-refractivity contribution is 0.471. The van der Waals surface area contributed by atoms with Gasteiger partial charge in [-0.2, -0.15) is 4.98 Å². The molecule has 2 heterocycles. The first kappa shape index (κ1) is 12.9. The number of nitrogens with two attached hydrogens (primary N) is 1. The minimum Gasteiger partial charge on any atom is -0.507 e. The van der Waals surface area contributed by atoms with Crippen molar-refractivity contribution in [2.75, 3.05) is 18.0 Å². The fourth-order valence-electron chi connectivity index (χ4n) is 2.44. The zero-order valence-corrected chi connectivity index (χ0v) is 10.9. The number of aromatic nitrogens is 3. The average molecular weight is 277 g/mol. The van der Waals surface area contributed by atoms with Crippen molar-refractivity contribution >= 4 is 5.95 Å². The number of phenolic OH excluding ortho intramolecular Hbond substituents is 1. The van der Waals surface area contributed by atoms with Crippen molar-refractivity contribution in [1.29, 1.82) is 0 Å². The molecular formula is C13H16FN5O. The van der Waals surface area contributed by atoms with Gasteiger partial charge in [0.2, 0.25) is 5.95 Å². The van der Waals surface area contributed by atoms with Crippen LogP contribution in [0.2, 0.25) is 0 Å². The number of hydrogen-bond donors (Lipinski definition) is 3. The fraction of sp³-hybridized carbons (Fsp3) is 0.385. The zero-order chi connectivity index (χ0) is 14.1. The van der Waals surface area contributed by atoms with Crippen LogP contribution in [0, 0.1) is 5.82 Å². The monoisotopic (exact) mass is 277 g/mol. The second kappa shape index (κ2) is 5.09. The van der Waals surface area contributed by atoms with E-state index in [1.165, 1.54) is 18.2 Å². The zero-order valence-electron chi connectivity index (χ0n) is 10.9. The molecule has 1 saturated heterocycles. The number of phenols is 1. The standard InChI is InChI=1S/C13H16FN5O/c14-9-4-1-5-10(20)11(9)12-16-13(18-17-12)19-6-2-3-8(15)7-19/h1,4-5,8,20H,2-3,6-7,15H2,(H,16,17,18). The number of aromatic amines is 1. The normalized spacial score (nSPS) is 19.3. The summed E-state index contributed by atoms with van der Waals surface area (Å²) in [6.45, 7) is 1.51. The van der Waals surface area contributed by atoms with Gasteiger partial charge < -0.3 is 15.7 Å². The van der Waals surface area contributed by atoms with Crippen LogP contribution in [-0.4, -0.2) is 39.4 Å². The van der Waals surface area contributed by atoms with Crippen LogP contribution < -0.4 is 10.6 Å². The van der Waals surface area contributed by atoms with Crippen LogP contribution in [0.25, 0.3) is 11.4 Å². The molecule has 20 heavy (non-hydrogen) atoms. The summed E-state index contributed by atoms with van der Waals surface area (Å²) in [6.07, 6.45) is 1.97. The molecule has 0 amide bonds. The SMILES string of the molecule is NC1CCCN(c2n[nH]c(-c3c(O)cccc3F)n2)C1. The van der Waals surface area contributed by atoms with E-state index in [1.54, 1.807) is 0 Å². The number of nitrogens with zero attached hydrogens (tertiary/aromatic N) is 3. The van der Waals surface area contributed by atoms with Crippen molar-refractivity contribution in [2.45, 2.75) is 18.9 Å². The summed E-state index contributed by atoms with van der Waals surface area (Å²) in [4.78, 5) is 6.23. The second-order valence-corrected chi connectivity index (χ2v) is 4.97. The first-order chi connectivity index (χ1) is 9.65. The van der Waals surface area contributed by atoms with Crippen LogP contribution in [0.5, 0.6) is 5.75 Å². The lowest BCUT2D eigenvalue weighted by Gasteiger charge is -2.29. The minimum atomic E-state index is -0.539. The van der Waals surface area contributed by atoms with E-state index in [0.717, 1.165) is 19.4 Å². The van der Waals surface area contributed by atoms with Gasteiger partial charge in [-0.05, 0) is 25.0 Å². The first-order valence-electron chi connectivity index (χ1n) is 6.56. The van der Waals surface area contributed by atoms with E-state index in [2.05, 4.69) is 15.2 Å². The van der Waals surface area contributed by atoms with E-state index in [1.807, 2.05) is 4.90 Å².